The molecule has 0 atom stereocenters. The van der Waals surface area contributed by atoms with Crippen molar-refractivity contribution in [3.8, 4) is 5.75 Å². The van der Waals surface area contributed by atoms with Gasteiger partial charge in [0.2, 0.25) is 5.91 Å². The number of amides is 2. The van der Waals surface area contributed by atoms with Crippen molar-refractivity contribution < 1.29 is 18.7 Å². The smallest absolute Gasteiger partial charge is 0.276 e. The van der Waals surface area contributed by atoms with E-state index in [0.29, 0.717) is 0 Å². The molecule has 2 amide bonds. The maximum atomic E-state index is 13.2. The quantitative estimate of drug-likeness (QED) is 0.827. The van der Waals surface area contributed by atoms with Gasteiger partial charge < -0.3 is 4.74 Å². The fraction of sp³-hybridized carbons (Fsp3) is 0.429. The molecule has 0 saturated carbocycles. The Morgan fingerprint density at radius 2 is 1.75 bits per heavy atom. The molecule has 0 bridgehead atoms. The molecular formula is C14H19FN2O3. The Morgan fingerprint density at radius 1 is 1.15 bits per heavy atom. The van der Waals surface area contributed by atoms with Gasteiger partial charge in [-0.3, -0.25) is 20.4 Å². The second kappa shape index (κ2) is 6.88. The summed E-state index contributed by atoms with van der Waals surface area (Å²) in [7, 11) is 0. The van der Waals surface area contributed by atoms with Crippen LogP contribution in [0.15, 0.2) is 24.3 Å². The van der Waals surface area contributed by atoms with Gasteiger partial charge in [-0.25, -0.2) is 4.39 Å². The maximum absolute atomic E-state index is 13.2. The monoisotopic (exact) mass is 282 g/mol. The Hall–Kier alpha value is -2.11. The van der Waals surface area contributed by atoms with Crippen LogP contribution in [0.1, 0.15) is 27.2 Å². The van der Waals surface area contributed by atoms with Crippen molar-refractivity contribution in [3.63, 3.8) is 0 Å². The number of nitrogens with one attached hydrogen (secondary N) is 2. The number of ether oxygens (including phenoxy) is 1. The number of para-hydroxylation sites is 1. The van der Waals surface area contributed by atoms with Crippen molar-refractivity contribution in [1.29, 1.82) is 0 Å². The topological polar surface area (TPSA) is 67.4 Å². The van der Waals surface area contributed by atoms with Crippen LogP contribution >= 0.6 is 0 Å². The molecule has 5 nitrogen and oxygen atoms in total. The zero-order valence-electron chi connectivity index (χ0n) is 11.8. The Kier molecular flexibility index (Phi) is 5.49. The molecule has 0 heterocycles. The third-order valence-corrected chi connectivity index (χ3v) is 2.23. The maximum Gasteiger partial charge on any atom is 0.276 e. The molecule has 0 aliphatic heterocycles. The molecule has 1 rings (SSSR count). The molecule has 6 heteroatoms. The minimum atomic E-state index is -0.560. The average molecular weight is 282 g/mol. The molecule has 0 spiro atoms. The molecule has 20 heavy (non-hydrogen) atoms. The van der Waals surface area contributed by atoms with Crippen molar-refractivity contribution in [2.75, 3.05) is 6.61 Å². The Morgan fingerprint density at radius 3 is 2.35 bits per heavy atom. The number of benzene rings is 1. The lowest BCUT2D eigenvalue weighted by Crippen LogP contribution is -2.44. The number of hydrogen-bond donors (Lipinski definition) is 2. The molecular weight excluding hydrogens is 263 g/mol. The highest BCUT2D eigenvalue weighted by atomic mass is 19.1. The highest BCUT2D eigenvalue weighted by Crippen LogP contribution is 2.17. The van der Waals surface area contributed by atoms with Gasteiger partial charge in [0.15, 0.2) is 18.2 Å². The van der Waals surface area contributed by atoms with Crippen molar-refractivity contribution in [2.24, 2.45) is 5.41 Å². The van der Waals surface area contributed by atoms with Crippen LogP contribution in [0.3, 0.4) is 0 Å². The molecule has 1 aromatic carbocycles. The minimum Gasteiger partial charge on any atom is -0.481 e. The van der Waals surface area contributed by atoms with E-state index in [1.807, 2.05) is 20.8 Å². The normalized spacial score (nSPS) is 10.8. The summed E-state index contributed by atoms with van der Waals surface area (Å²) in [6.07, 6.45) is 0.279. The number of carbonyl (C=O) groups is 2. The first-order chi connectivity index (χ1) is 9.28. The van der Waals surface area contributed by atoms with Gasteiger partial charge in [0.1, 0.15) is 0 Å². The zero-order chi connectivity index (χ0) is 15.2. The Labute approximate surface area is 117 Å². The lowest BCUT2D eigenvalue weighted by molar-refractivity contribution is -0.130. The molecule has 110 valence electrons. The molecule has 0 aromatic heterocycles. The minimum absolute atomic E-state index is 0.0105. The Bertz CT molecular complexity index is 484. The molecule has 0 unspecified atom stereocenters. The van der Waals surface area contributed by atoms with Gasteiger partial charge >= 0.3 is 0 Å². The van der Waals surface area contributed by atoms with Crippen LogP contribution in [-0.2, 0) is 9.59 Å². The van der Waals surface area contributed by atoms with Crippen molar-refractivity contribution in [2.45, 2.75) is 27.2 Å². The molecule has 0 aliphatic rings. The van der Waals surface area contributed by atoms with E-state index in [2.05, 4.69) is 10.9 Å². The average Bonchev–Trinajstić information content (AvgIpc) is 2.33. The molecule has 0 fully saturated rings. The van der Waals surface area contributed by atoms with Gasteiger partial charge in [-0.05, 0) is 17.5 Å². The van der Waals surface area contributed by atoms with E-state index in [-0.39, 0.29) is 30.1 Å². The lowest BCUT2D eigenvalue weighted by atomic mass is 9.92. The van der Waals surface area contributed by atoms with Crippen LogP contribution in [0.4, 0.5) is 4.39 Å². The summed E-state index contributed by atoms with van der Waals surface area (Å²) in [5, 5.41) is 0. The fourth-order valence-electron chi connectivity index (χ4n) is 1.41. The van der Waals surface area contributed by atoms with E-state index < -0.39 is 11.7 Å². The van der Waals surface area contributed by atoms with E-state index in [9.17, 15) is 14.0 Å². The number of hydrazine groups is 1. The molecule has 0 radical (unpaired) electrons. The molecule has 2 N–H and O–H groups in total. The van der Waals surface area contributed by atoms with Crippen LogP contribution < -0.4 is 15.6 Å². The van der Waals surface area contributed by atoms with Gasteiger partial charge in [0.25, 0.3) is 5.91 Å². The summed E-state index contributed by atoms with van der Waals surface area (Å²) in [5.74, 6) is -1.41. The predicted octanol–water partition coefficient (Wildman–Crippen LogP) is 1.79. The molecule has 1 aromatic rings. The van der Waals surface area contributed by atoms with Crippen molar-refractivity contribution in [3.05, 3.63) is 30.1 Å². The highest BCUT2D eigenvalue weighted by Gasteiger charge is 2.16. The summed E-state index contributed by atoms with van der Waals surface area (Å²) in [4.78, 5) is 22.9. The fourth-order valence-corrected chi connectivity index (χ4v) is 1.41. The standard InChI is InChI=1S/C14H19FN2O3/c1-14(2,3)8-12(18)16-17-13(19)9-20-11-7-5-4-6-10(11)15/h4-7H,8-9H2,1-3H3,(H,16,18)(H,17,19). The first kappa shape index (κ1) is 15.9. The zero-order valence-corrected chi connectivity index (χ0v) is 11.8. The number of halogens is 1. The van der Waals surface area contributed by atoms with Gasteiger partial charge in [-0.2, -0.15) is 0 Å². The van der Waals surface area contributed by atoms with Crippen LogP contribution in [0.5, 0.6) is 5.75 Å². The van der Waals surface area contributed by atoms with Gasteiger partial charge in [0.05, 0.1) is 0 Å². The summed E-state index contributed by atoms with van der Waals surface area (Å²) < 4.78 is 18.2. The molecule has 0 aliphatic carbocycles. The lowest BCUT2D eigenvalue weighted by Gasteiger charge is -2.17. The third kappa shape index (κ3) is 6.17. The SMILES string of the molecule is CC(C)(C)CC(=O)NNC(=O)COc1ccccc1F. The van der Waals surface area contributed by atoms with E-state index >= 15 is 0 Å². The second-order valence-electron chi connectivity index (χ2n) is 5.55. The largest absolute Gasteiger partial charge is 0.481 e. The first-order valence-electron chi connectivity index (χ1n) is 6.23. The third-order valence-electron chi connectivity index (χ3n) is 2.23. The summed E-state index contributed by atoms with van der Waals surface area (Å²) in [5.41, 5.74) is 4.32. The second-order valence-corrected chi connectivity index (χ2v) is 5.55. The summed E-state index contributed by atoms with van der Waals surface area (Å²) in [6.45, 7) is 5.36. The van der Waals surface area contributed by atoms with Crippen LogP contribution in [0.2, 0.25) is 0 Å². The highest BCUT2D eigenvalue weighted by molar-refractivity contribution is 5.82. The molecule has 0 saturated heterocycles. The number of carbonyl (C=O) groups excluding carboxylic acids is 2. The van der Waals surface area contributed by atoms with Crippen LogP contribution in [0.25, 0.3) is 0 Å². The Balaban J connectivity index is 2.31. The van der Waals surface area contributed by atoms with E-state index in [1.165, 1.54) is 18.2 Å². The number of hydrogen-bond acceptors (Lipinski definition) is 3. The van der Waals surface area contributed by atoms with Gasteiger partial charge in [-0.15, -0.1) is 0 Å². The van der Waals surface area contributed by atoms with Crippen LogP contribution in [0, 0.1) is 11.2 Å². The van der Waals surface area contributed by atoms with E-state index in [1.54, 1.807) is 6.07 Å². The van der Waals surface area contributed by atoms with E-state index in [0.717, 1.165) is 0 Å². The summed E-state index contributed by atoms with van der Waals surface area (Å²) in [6, 6.07) is 5.77. The van der Waals surface area contributed by atoms with E-state index in [4.69, 9.17) is 4.74 Å². The van der Waals surface area contributed by atoms with Crippen LogP contribution in [-0.4, -0.2) is 18.4 Å². The first-order valence-corrected chi connectivity index (χ1v) is 6.23. The van der Waals surface area contributed by atoms with Crippen molar-refractivity contribution in [1.82, 2.24) is 10.9 Å². The predicted molar refractivity (Wildman–Crippen MR) is 72.3 cm³/mol. The van der Waals surface area contributed by atoms with Crippen molar-refractivity contribution >= 4 is 11.8 Å². The summed E-state index contributed by atoms with van der Waals surface area (Å²) >= 11 is 0. The van der Waals surface area contributed by atoms with Gasteiger partial charge in [0, 0.05) is 6.42 Å². The van der Waals surface area contributed by atoms with Gasteiger partial charge in [-0.1, -0.05) is 32.9 Å². The number of rotatable bonds is 4.